The summed E-state index contributed by atoms with van der Waals surface area (Å²) in [7, 11) is 0.532. The molecule has 1 heterocycles. The molecule has 0 radical (unpaired) electrons. The number of nitrogens with zero attached hydrogens (tertiary/aromatic N) is 1. The highest BCUT2D eigenvalue weighted by atomic mass is 31.1. The second-order valence-corrected chi connectivity index (χ2v) is 2.93. The van der Waals surface area contributed by atoms with Crippen LogP contribution in [-0.4, -0.2) is 10.8 Å². The third-order valence-corrected chi connectivity index (χ3v) is 2.05. The van der Waals surface area contributed by atoms with Gasteiger partial charge in [0.05, 0.1) is 0 Å². The van der Waals surface area contributed by atoms with E-state index in [2.05, 4.69) is 0 Å². The van der Waals surface area contributed by atoms with Crippen molar-refractivity contribution >= 4 is 14.2 Å². The fourth-order valence-corrected chi connectivity index (χ4v) is 1.45. The largest absolute Gasteiger partial charge is 0.745 e. The highest BCUT2D eigenvalue weighted by molar-refractivity contribution is 7.36. The van der Waals surface area contributed by atoms with Gasteiger partial charge in [-0.1, -0.05) is 18.2 Å². The molecule has 0 saturated heterocycles. The van der Waals surface area contributed by atoms with Crippen LogP contribution < -0.4 is 4.84 Å². The van der Waals surface area contributed by atoms with Crippen molar-refractivity contribution in [2.45, 2.75) is 0 Å². The predicted octanol–water partition coefficient (Wildman–Crippen LogP) is 1.81. The first-order chi connectivity index (χ1) is 5.36. The summed E-state index contributed by atoms with van der Waals surface area (Å²) < 4.78 is 0. The van der Waals surface area contributed by atoms with E-state index in [1.54, 1.807) is 6.07 Å². The summed E-state index contributed by atoms with van der Waals surface area (Å²) in [6.07, 6.45) is 0. The van der Waals surface area contributed by atoms with Gasteiger partial charge < -0.3 is 10.0 Å². The average Bonchev–Trinajstić information content (AvgIpc) is 2.04. The molecule has 1 aromatic carbocycles. The molecule has 1 aliphatic rings. The number of rotatable bonds is 0. The molecule has 0 atom stereocenters. The van der Waals surface area contributed by atoms with Crippen LogP contribution in [-0.2, 0) is 0 Å². The molecule has 0 unspecified atom stereocenters. The summed E-state index contributed by atoms with van der Waals surface area (Å²) in [5, 5.41) is 10.7. The van der Waals surface area contributed by atoms with Gasteiger partial charge in [0.25, 0.3) is 0 Å². The number of fused-ring (bicyclic) bond motifs is 1. The van der Waals surface area contributed by atoms with Gasteiger partial charge in [-0.2, -0.15) is 5.00 Å². The monoisotopic (exact) mass is 166 g/mol. The summed E-state index contributed by atoms with van der Waals surface area (Å²) in [5.41, 5.74) is 0.973. The molecule has 3 nitrogen and oxygen atoms in total. The van der Waals surface area contributed by atoms with Gasteiger partial charge >= 0.3 is 0 Å². The minimum Gasteiger partial charge on any atom is -0.745 e. The van der Waals surface area contributed by atoms with Crippen LogP contribution in [0.15, 0.2) is 24.3 Å². The van der Waals surface area contributed by atoms with Gasteiger partial charge in [-0.25, -0.2) is 0 Å². The zero-order chi connectivity index (χ0) is 7.68. The molecule has 11 heavy (non-hydrogen) atoms. The van der Waals surface area contributed by atoms with Crippen molar-refractivity contribution in [1.82, 2.24) is 5.00 Å². The lowest BCUT2D eigenvalue weighted by Crippen LogP contribution is -2.13. The van der Waals surface area contributed by atoms with E-state index in [0.717, 1.165) is 5.56 Å². The third kappa shape index (κ3) is 1.26. The third-order valence-electron chi connectivity index (χ3n) is 1.39. The lowest BCUT2D eigenvalue weighted by atomic mass is 10.2. The van der Waals surface area contributed by atoms with Crippen molar-refractivity contribution in [2.24, 2.45) is 0 Å². The topological polar surface area (TPSA) is 35.5 Å². The van der Waals surface area contributed by atoms with Gasteiger partial charge in [0, 0.05) is 13.9 Å². The molecular weight excluding hydrogens is 161 g/mol. The number of para-hydroxylation sites is 1. The Morgan fingerprint density at radius 2 is 2.18 bits per heavy atom. The maximum atomic E-state index is 10.7. The van der Waals surface area contributed by atoms with Crippen LogP contribution in [0.25, 0.3) is 0 Å². The Morgan fingerprint density at radius 3 is 3.09 bits per heavy atom. The molecule has 0 N–H and O–H groups in total. The highest BCUT2D eigenvalue weighted by Gasteiger charge is 2.04. The van der Waals surface area contributed by atoms with Crippen LogP contribution >= 0.6 is 8.35 Å². The van der Waals surface area contributed by atoms with Crippen LogP contribution in [0.2, 0.25) is 0 Å². The highest BCUT2D eigenvalue weighted by Crippen LogP contribution is 2.25. The second-order valence-electron chi connectivity index (χ2n) is 2.11. The van der Waals surface area contributed by atoms with Crippen molar-refractivity contribution in [3.63, 3.8) is 0 Å². The summed E-state index contributed by atoms with van der Waals surface area (Å²) in [4.78, 5) is 5.40. The van der Waals surface area contributed by atoms with Crippen LogP contribution in [0.1, 0.15) is 5.56 Å². The van der Waals surface area contributed by atoms with Crippen molar-refractivity contribution in [3.05, 3.63) is 35.0 Å². The normalized spacial score (nSPS) is 17.2. The maximum Gasteiger partial charge on any atom is 0.154 e. The SMILES string of the molecule is [O-]N1Oc2ccccc2C=P1. The zero-order valence-corrected chi connectivity index (χ0v) is 6.49. The molecule has 0 saturated carbocycles. The Balaban J connectivity index is 2.46. The Kier molecular flexibility index (Phi) is 1.62. The molecule has 1 aromatic rings. The predicted molar refractivity (Wildman–Crippen MR) is 44.4 cm³/mol. The van der Waals surface area contributed by atoms with Crippen molar-refractivity contribution in [3.8, 4) is 5.75 Å². The van der Waals surface area contributed by atoms with E-state index in [-0.39, 0.29) is 0 Å². The van der Waals surface area contributed by atoms with Gasteiger partial charge in [-0.3, -0.25) is 0 Å². The molecule has 2 rings (SSSR count). The smallest absolute Gasteiger partial charge is 0.154 e. The van der Waals surface area contributed by atoms with Crippen molar-refractivity contribution in [2.75, 3.05) is 0 Å². The summed E-state index contributed by atoms with van der Waals surface area (Å²) in [6, 6.07) is 7.43. The molecule has 0 aromatic heterocycles. The number of benzene rings is 1. The fraction of sp³-hybridized carbons (Fsp3) is 0. The maximum absolute atomic E-state index is 10.7. The van der Waals surface area contributed by atoms with Crippen molar-refractivity contribution < 1.29 is 4.84 Å². The molecular formula is C7H5NO2P-. The number of hydrogen-bond donors (Lipinski definition) is 0. The molecule has 0 spiro atoms. The Labute approximate surface area is 65.6 Å². The average molecular weight is 166 g/mol. The second kappa shape index (κ2) is 2.62. The van der Waals surface area contributed by atoms with Crippen LogP contribution in [0.5, 0.6) is 5.75 Å². The molecule has 56 valence electrons. The summed E-state index contributed by atoms with van der Waals surface area (Å²) in [5.74, 6) is 2.44. The minimum atomic E-state index is 0.530. The molecule has 0 bridgehead atoms. The quantitative estimate of drug-likeness (QED) is 0.551. The minimum absolute atomic E-state index is 0.530. The lowest BCUT2D eigenvalue weighted by molar-refractivity contribution is 0.0995. The summed E-state index contributed by atoms with van der Waals surface area (Å²) in [6.45, 7) is 0. The van der Waals surface area contributed by atoms with Gasteiger partial charge in [-0.05, 0) is 11.9 Å². The van der Waals surface area contributed by atoms with E-state index in [9.17, 15) is 5.21 Å². The first kappa shape index (κ1) is 6.80. The fourth-order valence-electron chi connectivity index (χ4n) is 0.887. The molecule has 1 aliphatic heterocycles. The first-order valence-corrected chi connectivity index (χ1v) is 4.06. The Hall–Kier alpha value is -0.890. The molecule has 4 heteroatoms. The van der Waals surface area contributed by atoms with E-state index in [1.165, 1.54) is 0 Å². The number of hydrogen-bond acceptors (Lipinski definition) is 3. The Morgan fingerprint density at radius 1 is 1.36 bits per heavy atom. The van der Waals surface area contributed by atoms with Crippen LogP contribution in [0.4, 0.5) is 0 Å². The standard InChI is InChI=1S/C7H5NO2P/c9-8-10-7-4-2-1-3-6(7)5-11-8/h1-5H/q-1. The van der Waals surface area contributed by atoms with E-state index < -0.39 is 0 Å². The van der Waals surface area contributed by atoms with E-state index in [4.69, 9.17) is 4.84 Å². The first-order valence-electron chi connectivity index (χ1n) is 3.14. The summed E-state index contributed by atoms with van der Waals surface area (Å²) >= 11 is 0. The lowest BCUT2D eigenvalue weighted by Gasteiger charge is -2.26. The Bertz CT molecular complexity index is 300. The van der Waals surface area contributed by atoms with Gasteiger partial charge in [0.2, 0.25) is 0 Å². The zero-order valence-electron chi connectivity index (χ0n) is 5.60. The van der Waals surface area contributed by atoms with Crippen LogP contribution in [0.3, 0.4) is 0 Å². The van der Waals surface area contributed by atoms with Crippen molar-refractivity contribution in [1.29, 1.82) is 0 Å². The van der Waals surface area contributed by atoms with Gasteiger partial charge in [0.1, 0.15) is 0 Å². The van der Waals surface area contributed by atoms with Gasteiger partial charge in [0.15, 0.2) is 5.75 Å². The van der Waals surface area contributed by atoms with Crippen LogP contribution in [0, 0.1) is 5.21 Å². The molecule has 0 amide bonds. The van der Waals surface area contributed by atoms with Gasteiger partial charge in [-0.15, -0.1) is 0 Å². The van der Waals surface area contributed by atoms with E-state index in [1.807, 2.05) is 24.0 Å². The molecule has 0 aliphatic carbocycles. The van der Waals surface area contributed by atoms with E-state index in [0.29, 0.717) is 19.1 Å². The van der Waals surface area contributed by atoms with E-state index >= 15 is 0 Å². The molecule has 0 fully saturated rings.